The van der Waals surface area contributed by atoms with Gasteiger partial charge in [-0.25, -0.2) is 0 Å². The van der Waals surface area contributed by atoms with Crippen molar-refractivity contribution in [1.82, 2.24) is 0 Å². The minimum absolute atomic E-state index is 0.324. The lowest BCUT2D eigenvalue weighted by molar-refractivity contribution is -0.140. The van der Waals surface area contributed by atoms with Gasteiger partial charge in [-0.3, -0.25) is 0 Å². The summed E-state index contributed by atoms with van der Waals surface area (Å²) in [4.78, 5) is 0. The molecule has 4 nitrogen and oxygen atoms in total. The smallest absolute Gasteiger partial charge is 0.183 e. The third-order valence-corrected chi connectivity index (χ3v) is 2.05. The summed E-state index contributed by atoms with van der Waals surface area (Å²) in [6.45, 7) is 5.06. The van der Waals surface area contributed by atoms with E-state index >= 15 is 0 Å². The summed E-state index contributed by atoms with van der Waals surface area (Å²) in [5.41, 5.74) is 1.79. The highest BCUT2D eigenvalue weighted by atomic mass is 16.7. The second-order valence-electron chi connectivity index (χ2n) is 3.15. The van der Waals surface area contributed by atoms with E-state index in [0.717, 1.165) is 11.1 Å². The second kappa shape index (κ2) is 6.98. The molecule has 0 amide bonds. The lowest BCUT2D eigenvalue weighted by atomic mass is 10.1. The summed E-state index contributed by atoms with van der Waals surface area (Å²) in [6.07, 6.45) is 1.05. The minimum atomic E-state index is -0.324. The van der Waals surface area contributed by atoms with Crippen molar-refractivity contribution in [2.45, 2.75) is 20.1 Å². The first kappa shape index (κ1) is 12.7. The van der Waals surface area contributed by atoms with Crippen LogP contribution in [0.2, 0.25) is 0 Å². The summed E-state index contributed by atoms with van der Waals surface area (Å²) in [7, 11) is 0. The maximum Gasteiger partial charge on any atom is 0.183 e. The number of benzene rings is 1. The summed E-state index contributed by atoms with van der Waals surface area (Å²) < 4.78 is 10.9. The molecule has 0 heterocycles. The molecule has 88 valence electrons. The van der Waals surface area contributed by atoms with Gasteiger partial charge in [0.2, 0.25) is 0 Å². The number of hydrogen-bond donors (Lipinski definition) is 1. The fourth-order valence-corrected chi connectivity index (χ4v) is 1.35. The Hall–Kier alpha value is -1.39. The van der Waals surface area contributed by atoms with Gasteiger partial charge in [0.15, 0.2) is 6.29 Å². The minimum Gasteiger partial charge on any atom is -0.411 e. The molecule has 0 aliphatic heterocycles. The molecule has 0 saturated carbocycles. The normalized spacial score (nSPS) is 11.4. The maximum atomic E-state index is 8.39. The standard InChI is InChI=1S/C12H17NO3/c1-3-15-12(16-4-2)11-7-5-10(6-8-11)9-13-14/h5-9,12,14H,3-4H2,1-2H3/b13-9+. The van der Waals surface area contributed by atoms with E-state index in [4.69, 9.17) is 14.7 Å². The van der Waals surface area contributed by atoms with Gasteiger partial charge in [0.05, 0.1) is 6.21 Å². The number of rotatable bonds is 6. The molecule has 0 saturated heterocycles. The molecular weight excluding hydrogens is 206 g/mol. The summed E-state index contributed by atoms with van der Waals surface area (Å²) in [5.74, 6) is 0. The molecule has 0 spiro atoms. The van der Waals surface area contributed by atoms with Crippen molar-refractivity contribution in [1.29, 1.82) is 0 Å². The first-order chi connectivity index (χ1) is 7.81. The maximum absolute atomic E-state index is 8.39. The highest BCUT2D eigenvalue weighted by Gasteiger charge is 2.10. The third kappa shape index (κ3) is 3.64. The van der Waals surface area contributed by atoms with Crippen LogP contribution in [0.25, 0.3) is 0 Å². The van der Waals surface area contributed by atoms with Crippen LogP contribution in [0.4, 0.5) is 0 Å². The molecule has 0 aliphatic rings. The van der Waals surface area contributed by atoms with Crippen LogP contribution in [0.1, 0.15) is 31.3 Å². The Morgan fingerprint density at radius 3 is 2.19 bits per heavy atom. The van der Waals surface area contributed by atoms with Crippen LogP contribution in [0.5, 0.6) is 0 Å². The summed E-state index contributed by atoms with van der Waals surface area (Å²) in [6, 6.07) is 7.49. The molecule has 1 aromatic rings. The zero-order valence-corrected chi connectivity index (χ0v) is 9.59. The van der Waals surface area contributed by atoms with Crippen LogP contribution in [0, 0.1) is 0 Å². The van der Waals surface area contributed by atoms with Gasteiger partial charge in [-0.2, -0.15) is 0 Å². The predicted octanol–water partition coefficient (Wildman–Crippen LogP) is 2.57. The average molecular weight is 223 g/mol. The molecule has 1 aromatic carbocycles. The van der Waals surface area contributed by atoms with Crippen LogP contribution in [-0.2, 0) is 9.47 Å². The third-order valence-electron chi connectivity index (χ3n) is 2.05. The van der Waals surface area contributed by atoms with E-state index in [9.17, 15) is 0 Å². The largest absolute Gasteiger partial charge is 0.411 e. The molecule has 0 atom stereocenters. The van der Waals surface area contributed by atoms with Crippen molar-refractivity contribution in [2.24, 2.45) is 5.16 Å². The highest BCUT2D eigenvalue weighted by molar-refractivity contribution is 5.78. The molecule has 1 N–H and O–H groups in total. The van der Waals surface area contributed by atoms with Gasteiger partial charge in [-0.15, -0.1) is 0 Å². The van der Waals surface area contributed by atoms with Gasteiger partial charge in [0, 0.05) is 18.8 Å². The molecule has 0 aromatic heterocycles. The number of nitrogens with zero attached hydrogens (tertiary/aromatic N) is 1. The number of hydrogen-bond acceptors (Lipinski definition) is 4. The van der Waals surface area contributed by atoms with Gasteiger partial charge in [-0.05, 0) is 19.4 Å². The summed E-state index contributed by atoms with van der Waals surface area (Å²) in [5, 5.41) is 11.4. The Balaban J connectivity index is 2.76. The molecule has 4 heteroatoms. The second-order valence-corrected chi connectivity index (χ2v) is 3.15. The Morgan fingerprint density at radius 2 is 1.75 bits per heavy atom. The molecule has 16 heavy (non-hydrogen) atoms. The topological polar surface area (TPSA) is 51.0 Å². The fraction of sp³-hybridized carbons (Fsp3) is 0.417. The zero-order valence-electron chi connectivity index (χ0n) is 9.59. The molecule has 1 rings (SSSR count). The molecule has 0 radical (unpaired) electrons. The molecule has 0 unspecified atom stereocenters. The van der Waals surface area contributed by atoms with E-state index < -0.39 is 0 Å². The fourth-order valence-electron chi connectivity index (χ4n) is 1.35. The van der Waals surface area contributed by atoms with Crippen molar-refractivity contribution >= 4 is 6.21 Å². The van der Waals surface area contributed by atoms with Gasteiger partial charge >= 0.3 is 0 Å². The summed E-state index contributed by atoms with van der Waals surface area (Å²) >= 11 is 0. The molecule has 0 bridgehead atoms. The van der Waals surface area contributed by atoms with E-state index in [-0.39, 0.29) is 6.29 Å². The van der Waals surface area contributed by atoms with Crippen molar-refractivity contribution in [3.8, 4) is 0 Å². The van der Waals surface area contributed by atoms with Gasteiger partial charge < -0.3 is 14.7 Å². The van der Waals surface area contributed by atoms with Crippen molar-refractivity contribution in [3.05, 3.63) is 35.4 Å². The Kier molecular flexibility index (Phi) is 5.53. The number of ether oxygens (including phenoxy) is 2. The van der Waals surface area contributed by atoms with Crippen LogP contribution < -0.4 is 0 Å². The van der Waals surface area contributed by atoms with Crippen molar-refractivity contribution in [2.75, 3.05) is 13.2 Å². The lowest BCUT2D eigenvalue weighted by Gasteiger charge is -2.17. The Bertz CT molecular complexity index is 316. The van der Waals surface area contributed by atoms with Crippen LogP contribution in [0.15, 0.2) is 29.4 Å². The number of oxime groups is 1. The van der Waals surface area contributed by atoms with E-state index in [0.29, 0.717) is 13.2 Å². The van der Waals surface area contributed by atoms with Gasteiger partial charge in [-0.1, -0.05) is 29.4 Å². The molecule has 0 fully saturated rings. The average Bonchev–Trinajstić information content (AvgIpc) is 2.30. The zero-order chi connectivity index (χ0) is 11.8. The van der Waals surface area contributed by atoms with E-state index in [1.807, 2.05) is 38.1 Å². The van der Waals surface area contributed by atoms with Crippen LogP contribution in [-0.4, -0.2) is 24.6 Å². The monoisotopic (exact) mass is 223 g/mol. The predicted molar refractivity (Wildman–Crippen MR) is 61.8 cm³/mol. The van der Waals surface area contributed by atoms with E-state index in [1.165, 1.54) is 6.21 Å². The highest BCUT2D eigenvalue weighted by Crippen LogP contribution is 2.18. The van der Waals surface area contributed by atoms with Gasteiger partial charge in [0.25, 0.3) is 0 Å². The van der Waals surface area contributed by atoms with Crippen LogP contribution >= 0.6 is 0 Å². The SMILES string of the molecule is CCOC(OCC)c1ccc(/C=N/O)cc1. The van der Waals surface area contributed by atoms with Crippen molar-refractivity contribution in [3.63, 3.8) is 0 Å². The first-order valence-electron chi connectivity index (χ1n) is 5.32. The van der Waals surface area contributed by atoms with E-state index in [1.54, 1.807) is 0 Å². The quantitative estimate of drug-likeness (QED) is 0.349. The Morgan fingerprint density at radius 1 is 1.19 bits per heavy atom. The van der Waals surface area contributed by atoms with Gasteiger partial charge in [0.1, 0.15) is 0 Å². The first-order valence-corrected chi connectivity index (χ1v) is 5.32. The lowest BCUT2D eigenvalue weighted by Crippen LogP contribution is -2.08. The molecule has 0 aliphatic carbocycles. The van der Waals surface area contributed by atoms with Crippen molar-refractivity contribution < 1.29 is 14.7 Å². The van der Waals surface area contributed by atoms with Crippen LogP contribution in [0.3, 0.4) is 0 Å². The Labute approximate surface area is 95.5 Å². The molecular formula is C12H17NO3. The van der Waals surface area contributed by atoms with E-state index in [2.05, 4.69) is 5.16 Å².